The minimum absolute atomic E-state index is 0.191. The van der Waals surface area contributed by atoms with Gasteiger partial charge in [-0.15, -0.1) is 11.3 Å². The van der Waals surface area contributed by atoms with Crippen molar-refractivity contribution in [2.24, 2.45) is 5.92 Å². The molecule has 168 valence electrons. The molecule has 0 aliphatic rings. The SMILES string of the molecule is CC(=O)Nc1ccc(NC(=O)Cn2cnc3sc(C(=O)OCC(C)C)c(C)c3c2=O)cc1. The average Bonchev–Trinajstić information content (AvgIpc) is 3.06. The molecule has 10 heteroatoms. The average molecular weight is 457 g/mol. The van der Waals surface area contributed by atoms with Gasteiger partial charge in [0.1, 0.15) is 16.3 Å². The second kappa shape index (κ2) is 9.73. The molecule has 3 rings (SSSR count). The van der Waals surface area contributed by atoms with Crippen molar-refractivity contribution >= 4 is 50.7 Å². The van der Waals surface area contributed by atoms with Gasteiger partial charge in [0.15, 0.2) is 0 Å². The van der Waals surface area contributed by atoms with Gasteiger partial charge in [-0.05, 0) is 42.7 Å². The molecule has 2 heterocycles. The first-order valence-electron chi connectivity index (χ1n) is 9.99. The Morgan fingerprint density at radius 2 is 1.75 bits per heavy atom. The fourth-order valence-corrected chi connectivity index (χ4v) is 4.00. The molecule has 0 fully saturated rings. The van der Waals surface area contributed by atoms with Crippen LogP contribution in [0.5, 0.6) is 0 Å². The van der Waals surface area contributed by atoms with E-state index in [9.17, 15) is 19.2 Å². The predicted octanol–water partition coefficient (Wildman–Crippen LogP) is 3.18. The molecular formula is C22H24N4O5S. The van der Waals surface area contributed by atoms with Gasteiger partial charge in [0.05, 0.1) is 18.3 Å². The van der Waals surface area contributed by atoms with Crippen LogP contribution in [0, 0.1) is 12.8 Å². The molecule has 0 aliphatic carbocycles. The molecule has 3 aromatic rings. The monoisotopic (exact) mass is 456 g/mol. The van der Waals surface area contributed by atoms with Crippen LogP contribution in [0.3, 0.4) is 0 Å². The number of nitrogens with one attached hydrogen (secondary N) is 2. The zero-order valence-corrected chi connectivity index (χ0v) is 19.0. The molecule has 32 heavy (non-hydrogen) atoms. The zero-order chi connectivity index (χ0) is 23.4. The van der Waals surface area contributed by atoms with E-state index in [2.05, 4.69) is 15.6 Å². The number of amides is 2. The van der Waals surface area contributed by atoms with Gasteiger partial charge in [-0.3, -0.25) is 19.0 Å². The van der Waals surface area contributed by atoms with Crippen LogP contribution in [0.1, 0.15) is 36.0 Å². The van der Waals surface area contributed by atoms with Crippen LogP contribution in [0.4, 0.5) is 11.4 Å². The van der Waals surface area contributed by atoms with Gasteiger partial charge < -0.3 is 15.4 Å². The van der Waals surface area contributed by atoms with E-state index in [4.69, 9.17) is 4.74 Å². The lowest BCUT2D eigenvalue weighted by Crippen LogP contribution is -2.27. The zero-order valence-electron chi connectivity index (χ0n) is 18.2. The summed E-state index contributed by atoms with van der Waals surface area (Å²) in [4.78, 5) is 53.8. The summed E-state index contributed by atoms with van der Waals surface area (Å²) in [7, 11) is 0. The highest BCUT2D eigenvalue weighted by Crippen LogP contribution is 2.27. The van der Waals surface area contributed by atoms with Crippen molar-refractivity contribution in [2.45, 2.75) is 34.2 Å². The molecule has 0 aliphatic heterocycles. The number of carbonyl (C=O) groups excluding carboxylic acids is 3. The smallest absolute Gasteiger partial charge is 0.348 e. The molecule has 2 amide bonds. The normalized spacial score (nSPS) is 10.9. The van der Waals surface area contributed by atoms with Gasteiger partial charge in [0, 0.05) is 18.3 Å². The standard InChI is InChI=1S/C22H24N4O5S/c1-12(2)10-31-22(30)19-13(3)18-20(32-19)23-11-26(21(18)29)9-17(28)25-16-7-5-15(6-8-16)24-14(4)27/h5-8,11-12H,9-10H2,1-4H3,(H,24,27)(H,25,28). The Labute approximate surface area is 188 Å². The number of rotatable bonds is 7. The second-order valence-corrected chi connectivity index (χ2v) is 8.71. The van der Waals surface area contributed by atoms with Crippen molar-refractivity contribution in [1.82, 2.24) is 9.55 Å². The summed E-state index contributed by atoms with van der Waals surface area (Å²) in [6, 6.07) is 6.60. The molecule has 0 atom stereocenters. The van der Waals surface area contributed by atoms with Crippen LogP contribution in [0.25, 0.3) is 10.2 Å². The Hall–Kier alpha value is -3.53. The summed E-state index contributed by atoms with van der Waals surface area (Å²) in [5.41, 5.74) is 1.23. The summed E-state index contributed by atoms with van der Waals surface area (Å²) in [6.07, 6.45) is 1.29. The Bertz CT molecular complexity index is 1230. The predicted molar refractivity (Wildman–Crippen MR) is 123 cm³/mol. The maximum atomic E-state index is 12.9. The Kier molecular flexibility index (Phi) is 7.04. The highest BCUT2D eigenvalue weighted by Gasteiger charge is 2.21. The summed E-state index contributed by atoms with van der Waals surface area (Å²) >= 11 is 1.10. The third kappa shape index (κ3) is 5.38. The van der Waals surface area contributed by atoms with Crippen molar-refractivity contribution in [3.8, 4) is 0 Å². The summed E-state index contributed by atoms with van der Waals surface area (Å²) < 4.78 is 6.48. The van der Waals surface area contributed by atoms with Crippen LogP contribution in [0.2, 0.25) is 0 Å². The number of hydrogen-bond acceptors (Lipinski definition) is 7. The Balaban J connectivity index is 1.76. The van der Waals surface area contributed by atoms with Gasteiger partial charge in [0.2, 0.25) is 11.8 Å². The maximum absolute atomic E-state index is 12.9. The highest BCUT2D eigenvalue weighted by atomic mass is 32.1. The van der Waals surface area contributed by atoms with Crippen LogP contribution < -0.4 is 16.2 Å². The van der Waals surface area contributed by atoms with Gasteiger partial charge >= 0.3 is 5.97 Å². The van der Waals surface area contributed by atoms with Crippen LogP contribution in [-0.4, -0.2) is 33.9 Å². The summed E-state index contributed by atoms with van der Waals surface area (Å²) in [5, 5.41) is 5.65. The van der Waals surface area contributed by atoms with Crippen molar-refractivity contribution in [3.05, 3.63) is 51.4 Å². The van der Waals surface area contributed by atoms with Crippen LogP contribution in [-0.2, 0) is 20.9 Å². The van der Waals surface area contributed by atoms with E-state index in [1.807, 2.05) is 13.8 Å². The first-order chi connectivity index (χ1) is 15.2. The number of aryl methyl sites for hydroxylation is 1. The third-order valence-corrected chi connectivity index (χ3v) is 5.63. The number of aromatic nitrogens is 2. The maximum Gasteiger partial charge on any atom is 0.348 e. The lowest BCUT2D eigenvalue weighted by molar-refractivity contribution is -0.117. The van der Waals surface area contributed by atoms with Gasteiger partial charge in [0.25, 0.3) is 5.56 Å². The molecule has 0 unspecified atom stereocenters. The quantitative estimate of drug-likeness (QED) is 0.527. The lowest BCUT2D eigenvalue weighted by atomic mass is 10.2. The van der Waals surface area contributed by atoms with Crippen molar-refractivity contribution in [2.75, 3.05) is 17.2 Å². The first-order valence-corrected chi connectivity index (χ1v) is 10.8. The molecule has 0 radical (unpaired) electrons. The third-order valence-electron chi connectivity index (χ3n) is 4.45. The summed E-state index contributed by atoms with van der Waals surface area (Å²) in [5.74, 6) is -0.885. The van der Waals surface area contributed by atoms with E-state index in [0.29, 0.717) is 32.0 Å². The molecule has 0 saturated heterocycles. The largest absolute Gasteiger partial charge is 0.461 e. The second-order valence-electron chi connectivity index (χ2n) is 7.71. The van der Waals surface area contributed by atoms with E-state index in [0.717, 1.165) is 11.3 Å². The fraction of sp³-hybridized carbons (Fsp3) is 0.318. The number of hydrogen-bond donors (Lipinski definition) is 2. The summed E-state index contributed by atoms with van der Waals surface area (Å²) in [6.45, 7) is 7.01. The molecule has 0 bridgehead atoms. The molecule has 9 nitrogen and oxygen atoms in total. The number of carbonyl (C=O) groups is 3. The Morgan fingerprint density at radius 1 is 1.12 bits per heavy atom. The van der Waals surface area contributed by atoms with E-state index in [1.165, 1.54) is 17.8 Å². The van der Waals surface area contributed by atoms with E-state index < -0.39 is 17.4 Å². The van der Waals surface area contributed by atoms with E-state index in [1.54, 1.807) is 31.2 Å². The molecule has 0 spiro atoms. The van der Waals surface area contributed by atoms with E-state index >= 15 is 0 Å². The molecule has 0 saturated carbocycles. The van der Waals surface area contributed by atoms with Crippen molar-refractivity contribution in [1.29, 1.82) is 0 Å². The fourth-order valence-electron chi connectivity index (χ4n) is 2.97. The number of anilines is 2. The first kappa shape index (κ1) is 23.1. The number of nitrogens with zero attached hydrogens (tertiary/aromatic N) is 2. The van der Waals surface area contributed by atoms with Gasteiger partial charge in [-0.1, -0.05) is 13.8 Å². The lowest BCUT2D eigenvalue weighted by Gasteiger charge is -2.08. The van der Waals surface area contributed by atoms with Gasteiger partial charge in [-0.2, -0.15) is 0 Å². The van der Waals surface area contributed by atoms with Crippen molar-refractivity contribution in [3.63, 3.8) is 0 Å². The number of fused-ring (bicyclic) bond motifs is 1. The molecule has 2 aromatic heterocycles. The number of ether oxygens (including phenoxy) is 1. The number of benzene rings is 1. The van der Waals surface area contributed by atoms with Crippen LogP contribution >= 0.6 is 11.3 Å². The van der Waals surface area contributed by atoms with Crippen LogP contribution in [0.15, 0.2) is 35.4 Å². The number of esters is 1. The van der Waals surface area contributed by atoms with Crippen molar-refractivity contribution < 1.29 is 19.1 Å². The Morgan fingerprint density at radius 3 is 2.34 bits per heavy atom. The molecule has 1 aromatic carbocycles. The highest BCUT2D eigenvalue weighted by molar-refractivity contribution is 7.20. The van der Waals surface area contributed by atoms with Gasteiger partial charge in [-0.25, -0.2) is 9.78 Å². The minimum Gasteiger partial charge on any atom is -0.461 e. The topological polar surface area (TPSA) is 119 Å². The van der Waals surface area contributed by atoms with E-state index in [-0.39, 0.29) is 25.0 Å². The molecule has 2 N–H and O–H groups in total. The molecular weight excluding hydrogens is 432 g/mol. The number of thiophene rings is 1. The minimum atomic E-state index is -0.481.